The van der Waals surface area contributed by atoms with Gasteiger partial charge >= 0.3 is 0 Å². The predicted molar refractivity (Wildman–Crippen MR) is 76.2 cm³/mol. The molecule has 0 spiro atoms. The zero-order chi connectivity index (χ0) is 14.1. The molecule has 0 radical (unpaired) electrons. The van der Waals surface area contributed by atoms with Gasteiger partial charge in [-0.1, -0.05) is 39.0 Å². The summed E-state index contributed by atoms with van der Waals surface area (Å²) in [5, 5.41) is 9.22. The van der Waals surface area contributed by atoms with E-state index in [4.69, 9.17) is 5.73 Å². The van der Waals surface area contributed by atoms with Crippen LogP contribution in [0, 0.1) is 23.7 Å². The van der Waals surface area contributed by atoms with Crippen LogP contribution in [0.2, 0.25) is 0 Å². The molecule has 0 saturated carbocycles. The fourth-order valence-corrected chi connectivity index (χ4v) is 1.90. The molecule has 0 fully saturated rings. The van der Waals surface area contributed by atoms with Crippen molar-refractivity contribution in [3.63, 3.8) is 0 Å². The van der Waals surface area contributed by atoms with Crippen LogP contribution in [-0.2, 0) is 5.41 Å². The second kappa shape index (κ2) is 4.74. The average Bonchev–Trinajstić information content (AvgIpc) is 2.27. The Balaban J connectivity index is 3.30. The van der Waals surface area contributed by atoms with Crippen molar-refractivity contribution in [3.05, 3.63) is 34.9 Å². The molecule has 1 atom stereocenters. The minimum absolute atomic E-state index is 0.0962. The molecule has 2 nitrogen and oxygen atoms in total. The zero-order valence-electron chi connectivity index (χ0n) is 12.3. The Labute approximate surface area is 111 Å². The molecule has 0 heterocycles. The third kappa shape index (κ3) is 2.91. The zero-order valence-corrected chi connectivity index (χ0v) is 12.3. The van der Waals surface area contributed by atoms with Crippen LogP contribution in [0.5, 0.6) is 0 Å². The minimum Gasteiger partial charge on any atom is -0.323 e. The van der Waals surface area contributed by atoms with Gasteiger partial charge in [-0.2, -0.15) is 5.26 Å². The van der Waals surface area contributed by atoms with Crippen LogP contribution in [0.15, 0.2) is 18.2 Å². The standard InChI is InChI=1S/C16H24N2/c1-11-7-8-12(15(2,3)4)9-13(11)14(18)16(5,6)10-17/h7-9,14H,18H2,1-6H3. The maximum atomic E-state index is 9.22. The van der Waals surface area contributed by atoms with Crippen molar-refractivity contribution in [1.29, 1.82) is 5.26 Å². The van der Waals surface area contributed by atoms with E-state index in [0.29, 0.717) is 0 Å². The summed E-state index contributed by atoms with van der Waals surface area (Å²) < 4.78 is 0. The van der Waals surface area contributed by atoms with Crippen molar-refractivity contribution >= 4 is 0 Å². The lowest BCUT2D eigenvalue weighted by molar-refractivity contribution is 0.391. The number of rotatable bonds is 2. The van der Waals surface area contributed by atoms with Gasteiger partial charge in [-0.25, -0.2) is 0 Å². The van der Waals surface area contributed by atoms with Crippen molar-refractivity contribution in [2.45, 2.75) is 53.0 Å². The van der Waals surface area contributed by atoms with Gasteiger partial charge < -0.3 is 5.73 Å². The Morgan fingerprint density at radius 1 is 1.17 bits per heavy atom. The van der Waals surface area contributed by atoms with E-state index in [1.54, 1.807) is 0 Å². The Morgan fingerprint density at radius 3 is 2.17 bits per heavy atom. The van der Waals surface area contributed by atoms with Crippen LogP contribution in [0.4, 0.5) is 0 Å². The number of aryl methyl sites for hydroxylation is 1. The molecule has 18 heavy (non-hydrogen) atoms. The summed E-state index contributed by atoms with van der Waals surface area (Å²) in [6, 6.07) is 8.44. The highest BCUT2D eigenvalue weighted by molar-refractivity contribution is 5.38. The molecule has 0 aliphatic heterocycles. The van der Waals surface area contributed by atoms with Gasteiger partial charge in [0.15, 0.2) is 0 Å². The van der Waals surface area contributed by atoms with Crippen LogP contribution < -0.4 is 5.73 Å². The van der Waals surface area contributed by atoms with Gasteiger partial charge in [0.2, 0.25) is 0 Å². The number of benzene rings is 1. The number of nitriles is 1. The first kappa shape index (κ1) is 14.7. The van der Waals surface area contributed by atoms with E-state index in [9.17, 15) is 5.26 Å². The van der Waals surface area contributed by atoms with Crippen LogP contribution in [-0.4, -0.2) is 0 Å². The smallest absolute Gasteiger partial charge is 0.0710 e. The molecule has 1 unspecified atom stereocenters. The molecule has 1 aromatic rings. The summed E-state index contributed by atoms with van der Waals surface area (Å²) in [5.41, 5.74) is 9.30. The molecular weight excluding hydrogens is 220 g/mol. The van der Waals surface area contributed by atoms with E-state index < -0.39 is 5.41 Å². The highest BCUT2D eigenvalue weighted by atomic mass is 14.7. The van der Waals surface area contributed by atoms with E-state index in [1.165, 1.54) is 5.56 Å². The van der Waals surface area contributed by atoms with Crippen LogP contribution in [0.25, 0.3) is 0 Å². The molecule has 2 heteroatoms. The van der Waals surface area contributed by atoms with Crippen molar-refractivity contribution in [1.82, 2.24) is 0 Å². The molecule has 0 aliphatic carbocycles. The second-order valence-corrected chi connectivity index (χ2v) is 6.63. The van der Waals surface area contributed by atoms with Gasteiger partial charge in [0.1, 0.15) is 0 Å². The maximum Gasteiger partial charge on any atom is 0.0710 e. The van der Waals surface area contributed by atoms with Crippen LogP contribution >= 0.6 is 0 Å². The first-order valence-corrected chi connectivity index (χ1v) is 6.37. The highest BCUT2D eigenvalue weighted by Gasteiger charge is 2.29. The third-order valence-electron chi connectivity index (χ3n) is 3.55. The molecule has 0 aromatic heterocycles. The molecule has 1 aromatic carbocycles. The van der Waals surface area contributed by atoms with Crippen LogP contribution in [0.3, 0.4) is 0 Å². The van der Waals surface area contributed by atoms with Crippen molar-refractivity contribution in [2.75, 3.05) is 0 Å². The number of hydrogen-bond donors (Lipinski definition) is 1. The van der Waals surface area contributed by atoms with Gasteiger partial charge in [-0.3, -0.25) is 0 Å². The van der Waals surface area contributed by atoms with Crippen LogP contribution in [0.1, 0.15) is 57.4 Å². The highest BCUT2D eigenvalue weighted by Crippen LogP contribution is 2.34. The number of hydrogen-bond acceptors (Lipinski definition) is 2. The third-order valence-corrected chi connectivity index (χ3v) is 3.55. The molecule has 98 valence electrons. The van der Waals surface area contributed by atoms with E-state index in [-0.39, 0.29) is 11.5 Å². The van der Waals surface area contributed by atoms with Crippen molar-refractivity contribution in [2.24, 2.45) is 11.1 Å². The summed E-state index contributed by atoms with van der Waals surface area (Å²) >= 11 is 0. The van der Waals surface area contributed by atoms with E-state index in [1.807, 2.05) is 13.8 Å². The fraction of sp³-hybridized carbons (Fsp3) is 0.562. The van der Waals surface area contributed by atoms with E-state index in [2.05, 4.69) is 52.0 Å². The fourth-order valence-electron chi connectivity index (χ4n) is 1.90. The summed E-state index contributed by atoms with van der Waals surface area (Å²) in [6.45, 7) is 12.4. The Morgan fingerprint density at radius 2 is 1.72 bits per heavy atom. The van der Waals surface area contributed by atoms with Gasteiger partial charge in [0, 0.05) is 6.04 Å². The summed E-state index contributed by atoms with van der Waals surface area (Å²) in [4.78, 5) is 0. The summed E-state index contributed by atoms with van der Waals surface area (Å²) in [7, 11) is 0. The lowest BCUT2D eigenvalue weighted by Gasteiger charge is -2.28. The first-order chi connectivity index (χ1) is 8.09. The molecule has 0 saturated heterocycles. The quantitative estimate of drug-likeness (QED) is 0.859. The summed E-state index contributed by atoms with van der Waals surface area (Å²) in [5.74, 6) is 0. The predicted octanol–water partition coefficient (Wildman–Crippen LogP) is 3.84. The molecular formula is C16H24N2. The molecule has 0 aliphatic rings. The molecule has 0 amide bonds. The van der Waals surface area contributed by atoms with Crippen molar-refractivity contribution < 1.29 is 0 Å². The second-order valence-electron chi connectivity index (χ2n) is 6.63. The summed E-state index contributed by atoms with van der Waals surface area (Å²) in [6.07, 6.45) is 0. The van der Waals surface area contributed by atoms with E-state index in [0.717, 1.165) is 11.1 Å². The first-order valence-electron chi connectivity index (χ1n) is 6.37. The normalized spacial score (nSPS) is 14.1. The lowest BCUT2D eigenvalue weighted by Crippen LogP contribution is -2.29. The van der Waals surface area contributed by atoms with E-state index >= 15 is 0 Å². The van der Waals surface area contributed by atoms with Gasteiger partial charge in [-0.15, -0.1) is 0 Å². The topological polar surface area (TPSA) is 49.8 Å². The van der Waals surface area contributed by atoms with Crippen molar-refractivity contribution in [3.8, 4) is 6.07 Å². The molecule has 0 bridgehead atoms. The number of nitrogens with two attached hydrogens (primary N) is 1. The van der Waals surface area contributed by atoms with Gasteiger partial charge in [-0.05, 0) is 42.9 Å². The SMILES string of the molecule is Cc1ccc(C(C)(C)C)cc1C(N)C(C)(C)C#N. The van der Waals surface area contributed by atoms with Gasteiger partial charge in [0.25, 0.3) is 0 Å². The lowest BCUT2D eigenvalue weighted by atomic mass is 9.78. The monoisotopic (exact) mass is 244 g/mol. The minimum atomic E-state index is -0.554. The molecule has 1 rings (SSSR count). The maximum absolute atomic E-state index is 9.22. The Kier molecular flexibility index (Phi) is 3.88. The van der Waals surface area contributed by atoms with Gasteiger partial charge in [0.05, 0.1) is 11.5 Å². The Bertz CT molecular complexity index is 473. The average molecular weight is 244 g/mol. The number of nitrogens with zero attached hydrogens (tertiary/aromatic N) is 1. The largest absolute Gasteiger partial charge is 0.323 e. The molecule has 2 N–H and O–H groups in total. The Hall–Kier alpha value is -1.33.